The Balaban J connectivity index is 2.43. The normalized spacial score (nSPS) is 19.3. The summed E-state index contributed by atoms with van der Waals surface area (Å²) >= 11 is 0. The van der Waals surface area contributed by atoms with Gasteiger partial charge in [0.15, 0.2) is 4.90 Å². The van der Waals surface area contributed by atoms with Crippen LogP contribution in [0.15, 0.2) is 23.1 Å². The lowest BCUT2D eigenvalue weighted by atomic mass is 10.0. The third-order valence-electron chi connectivity index (χ3n) is 3.71. The number of nitro groups is 1. The van der Waals surface area contributed by atoms with Crippen molar-refractivity contribution in [1.29, 1.82) is 0 Å². The van der Waals surface area contributed by atoms with Gasteiger partial charge in [-0.3, -0.25) is 14.9 Å². The Morgan fingerprint density at radius 1 is 1.48 bits per heavy atom. The molecule has 1 saturated heterocycles. The molecule has 0 aliphatic carbocycles. The van der Waals surface area contributed by atoms with Crippen molar-refractivity contribution in [2.45, 2.75) is 17.7 Å². The summed E-state index contributed by atoms with van der Waals surface area (Å²) in [6.07, 6.45) is 0.770. The fourth-order valence-corrected chi connectivity index (χ4v) is 4.15. The number of nitrogens with zero attached hydrogens (tertiary/aromatic N) is 2. The van der Waals surface area contributed by atoms with E-state index in [1.165, 1.54) is 13.2 Å². The molecule has 1 heterocycles. The molecule has 0 saturated carbocycles. The van der Waals surface area contributed by atoms with Crippen molar-refractivity contribution in [3.8, 4) is 5.75 Å². The molecule has 1 unspecified atom stereocenters. The monoisotopic (exact) mass is 344 g/mol. The molecule has 10 heteroatoms. The van der Waals surface area contributed by atoms with Gasteiger partial charge in [-0.05, 0) is 25.0 Å². The number of carboxylic acid groups (broad SMARTS) is 1. The lowest BCUT2D eigenvalue weighted by Crippen LogP contribution is -2.42. The van der Waals surface area contributed by atoms with Crippen molar-refractivity contribution in [3.63, 3.8) is 0 Å². The molecule has 1 fully saturated rings. The molecule has 126 valence electrons. The maximum atomic E-state index is 12.7. The zero-order valence-corrected chi connectivity index (χ0v) is 13.2. The number of aliphatic carboxylic acids is 1. The SMILES string of the molecule is COc1ccc(S(=O)(=O)N2CCCC(C(=O)O)C2)c([N+](=O)[O-])c1. The number of sulfonamides is 1. The van der Waals surface area contributed by atoms with E-state index in [9.17, 15) is 23.3 Å². The second-order valence-corrected chi connectivity index (χ2v) is 7.04. The molecule has 1 aromatic rings. The van der Waals surface area contributed by atoms with Crippen LogP contribution in [0.5, 0.6) is 5.75 Å². The van der Waals surface area contributed by atoms with Gasteiger partial charge < -0.3 is 9.84 Å². The van der Waals surface area contributed by atoms with E-state index < -0.39 is 37.4 Å². The highest BCUT2D eigenvalue weighted by atomic mass is 32.2. The van der Waals surface area contributed by atoms with Crippen molar-refractivity contribution in [2.75, 3.05) is 20.2 Å². The number of carboxylic acids is 1. The molecule has 23 heavy (non-hydrogen) atoms. The zero-order chi connectivity index (χ0) is 17.2. The fourth-order valence-electron chi connectivity index (χ4n) is 2.49. The van der Waals surface area contributed by atoms with Crippen molar-refractivity contribution in [2.24, 2.45) is 5.92 Å². The largest absolute Gasteiger partial charge is 0.497 e. The molecule has 1 aliphatic rings. The second-order valence-electron chi connectivity index (χ2n) is 5.13. The topological polar surface area (TPSA) is 127 Å². The van der Waals surface area contributed by atoms with Crippen molar-refractivity contribution in [1.82, 2.24) is 4.31 Å². The number of nitro benzene ring substituents is 1. The lowest BCUT2D eigenvalue weighted by Gasteiger charge is -2.29. The molecule has 0 spiro atoms. The summed E-state index contributed by atoms with van der Waals surface area (Å²) in [7, 11) is -2.84. The summed E-state index contributed by atoms with van der Waals surface area (Å²) < 4.78 is 31.2. The summed E-state index contributed by atoms with van der Waals surface area (Å²) in [6.45, 7) is -0.0594. The number of methoxy groups -OCH3 is 1. The van der Waals surface area contributed by atoms with Gasteiger partial charge in [0.1, 0.15) is 5.75 Å². The van der Waals surface area contributed by atoms with Crippen LogP contribution >= 0.6 is 0 Å². The van der Waals surface area contributed by atoms with Crippen LogP contribution in [0.1, 0.15) is 12.8 Å². The van der Waals surface area contributed by atoms with E-state index in [0.717, 1.165) is 16.4 Å². The van der Waals surface area contributed by atoms with Gasteiger partial charge in [0.25, 0.3) is 5.69 Å². The van der Waals surface area contributed by atoms with E-state index in [2.05, 4.69) is 0 Å². The maximum absolute atomic E-state index is 12.7. The van der Waals surface area contributed by atoms with Gasteiger partial charge in [0.2, 0.25) is 10.0 Å². The average molecular weight is 344 g/mol. The minimum absolute atomic E-state index is 0.134. The molecule has 0 bridgehead atoms. The van der Waals surface area contributed by atoms with E-state index in [0.29, 0.717) is 12.8 Å². The second kappa shape index (κ2) is 6.50. The summed E-state index contributed by atoms with van der Waals surface area (Å²) in [4.78, 5) is 21.0. The van der Waals surface area contributed by atoms with Crippen LogP contribution in [0.4, 0.5) is 5.69 Å². The van der Waals surface area contributed by atoms with E-state index >= 15 is 0 Å². The lowest BCUT2D eigenvalue weighted by molar-refractivity contribution is -0.387. The Morgan fingerprint density at radius 3 is 2.74 bits per heavy atom. The van der Waals surface area contributed by atoms with Crippen molar-refractivity contribution >= 4 is 21.7 Å². The van der Waals surface area contributed by atoms with Crippen LogP contribution in [0.2, 0.25) is 0 Å². The first-order valence-corrected chi connectivity index (χ1v) is 8.26. The Morgan fingerprint density at radius 2 is 2.17 bits per heavy atom. The Hall–Kier alpha value is -2.20. The molecule has 1 N–H and O–H groups in total. The van der Waals surface area contributed by atoms with Crippen LogP contribution in [0.25, 0.3) is 0 Å². The summed E-state index contributed by atoms with van der Waals surface area (Å²) in [5.74, 6) is -1.72. The highest BCUT2D eigenvalue weighted by Crippen LogP contribution is 2.32. The van der Waals surface area contributed by atoms with E-state index in [1.54, 1.807) is 0 Å². The summed E-state index contributed by atoms with van der Waals surface area (Å²) in [6, 6.07) is 3.46. The van der Waals surface area contributed by atoms with Gasteiger partial charge in [0.05, 0.1) is 24.0 Å². The minimum Gasteiger partial charge on any atom is -0.497 e. The van der Waals surface area contributed by atoms with Crippen molar-refractivity contribution in [3.05, 3.63) is 28.3 Å². The molecule has 1 atom stereocenters. The van der Waals surface area contributed by atoms with Crippen LogP contribution in [0.3, 0.4) is 0 Å². The molecule has 0 amide bonds. The predicted octanol–water partition coefficient (Wildman–Crippen LogP) is 1.09. The van der Waals surface area contributed by atoms with Gasteiger partial charge >= 0.3 is 5.97 Å². The number of hydrogen-bond donors (Lipinski definition) is 1. The first kappa shape index (κ1) is 17.2. The molecule has 0 radical (unpaired) electrons. The smallest absolute Gasteiger partial charge is 0.307 e. The van der Waals surface area contributed by atoms with Gasteiger partial charge in [-0.2, -0.15) is 4.31 Å². The van der Waals surface area contributed by atoms with E-state index in [-0.39, 0.29) is 18.8 Å². The van der Waals surface area contributed by atoms with E-state index in [4.69, 9.17) is 9.84 Å². The van der Waals surface area contributed by atoms with Gasteiger partial charge in [-0.25, -0.2) is 8.42 Å². The Kier molecular flexibility index (Phi) is 4.85. The molecular weight excluding hydrogens is 328 g/mol. The highest BCUT2D eigenvalue weighted by Gasteiger charge is 2.36. The summed E-state index contributed by atoms with van der Waals surface area (Å²) in [5.41, 5.74) is -0.596. The van der Waals surface area contributed by atoms with Gasteiger partial charge in [-0.1, -0.05) is 0 Å². The average Bonchev–Trinajstić information content (AvgIpc) is 2.54. The first-order valence-electron chi connectivity index (χ1n) is 6.82. The van der Waals surface area contributed by atoms with Crippen LogP contribution in [-0.2, 0) is 14.8 Å². The number of hydrogen-bond acceptors (Lipinski definition) is 6. The Labute approximate surface area is 132 Å². The molecular formula is C13H16N2O7S. The predicted molar refractivity (Wildman–Crippen MR) is 78.8 cm³/mol. The van der Waals surface area contributed by atoms with Crippen LogP contribution in [-0.4, -0.2) is 48.9 Å². The molecule has 9 nitrogen and oxygen atoms in total. The quantitative estimate of drug-likeness (QED) is 0.625. The maximum Gasteiger partial charge on any atom is 0.307 e. The molecule has 1 aliphatic heterocycles. The number of benzene rings is 1. The first-order chi connectivity index (χ1) is 10.8. The summed E-state index contributed by atoms with van der Waals surface area (Å²) in [5, 5.41) is 20.2. The standard InChI is InChI=1S/C13H16N2O7S/c1-22-10-4-5-12(11(7-10)15(18)19)23(20,21)14-6-2-3-9(8-14)13(16)17/h4-5,7,9H,2-3,6,8H2,1H3,(H,16,17). The van der Waals surface area contributed by atoms with Crippen LogP contribution in [0, 0.1) is 16.0 Å². The number of piperidine rings is 1. The van der Waals surface area contributed by atoms with Gasteiger partial charge in [-0.15, -0.1) is 0 Å². The van der Waals surface area contributed by atoms with Crippen LogP contribution < -0.4 is 4.74 Å². The third kappa shape index (κ3) is 3.42. The van der Waals surface area contributed by atoms with E-state index in [1.807, 2.05) is 0 Å². The van der Waals surface area contributed by atoms with Crippen molar-refractivity contribution < 1.29 is 28.0 Å². The third-order valence-corrected chi connectivity index (χ3v) is 5.63. The zero-order valence-electron chi connectivity index (χ0n) is 12.3. The number of rotatable bonds is 5. The molecule has 2 rings (SSSR count). The highest BCUT2D eigenvalue weighted by molar-refractivity contribution is 7.89. The molecule has 0 aromatic heterocycles. The molecule has 1 aromatic carbocycles. The minimum atomic E-state index is -4.16. The Bertz CT molecular complexity index is 732. The number of carbonyl (C=O) groups is 1. The number of ether oxygens (including phenoxy) is 1. The fraction of sp³-hybridized carbons (Fsp3) is 0.462. The van der Waals surface area contributed by atoms with Gasteiger partial charge in [0, 0.05) is 13.1 Å².